The Balaban J connectivity index is 1.81. The number of unbranched alkanes of at least 4 members (excludes halogenated alkanes) is 4. The van der Waals surface area contributed by atoms with Crippen molar-refractivity contribution in [2.75, 3.05) is 25.0 Å². The number of nitrogens with one attached hydrogen (secondary N) is 2. The van der Waals surface area contributed by atoms with Gasteiger partial charge in [-0.1, -0.05) is 87.6 Å². The second-order valence-corrected chi connectivity index (χ2v) is 7.73. The summed E-state index contributed by atoms with van der Waals surface area (Å²) in [5.74, 6) is 0.380. The van der Waals surface area contributed by atoms with Gasteiger partial charge in [-0.2, -0.15) is 0 Å². The molecular formula is C25H39N3. The van der Waals surface area contributed by atoms with Crippen molar-refractivity contribution >= 4 is 5.69 Å². The standard InChI is InChI=1S/C25H39N3/c1-2-3-4-5-10-17-25(18-19-27-24-15-11-7-12-16-24)28-21-23(20-26)22-13-8-6-9-14-22/h6-9,11-16,23,25,27-28H,2-5,10,17-21,26H2,1H3. The van der Waals surface area contributed by atoms with Crippen LogP contribution in [0.4, 0.5) is 5.69 Å². The number of benzene rings is 2. The van der Waals surface area contributed by atoms with Crippen molar-refractivity contribution in [2.45, 2.75) is 63.8 Å². The molecule has 2 atom stereocenters. The monoisotopic (exact) mass is 381 g/mol. The Kier molecular flexibility index (Phi) is 11.4. The predicted molar refractivity (Wildman–Crippen MR) is 123 cm³/mol. The van der Waals surface area contributed by atoms with Crippen LogP contribution in [0.2, 0.25) is 0 Å². The zero-order chi connectivity index (χ0) is 19.9. The van der Waals surface area contributed by atoms with E-state index in [9.17, 15) is 0 Å². The normalized spacial score (nSPS) is 13.2. The Morgan fingerprint density at radius 1 is 0.821 bits per heavy atom. The van der Waals surface area contributed by atoms with E-state index in [2.05, 4.69) is 78.2 Å². The fourth-order valence-electron chi connectivity index (χ4n) is 3.66. The van der Waals surface area contributed by atoms with E-state index in [1.807, 2.05) is 0 Å². The Morgan fingerprint density at radius 2 is 1.50 bits per heavy atom. The van der Waals surface area contributed by atoms with Crippen LogP contribution in [0.15, 0.2) is 60.7 Å². The summed E-state index contributed by atoms with van der Waals surface area (Å²) in [4.78, 5) is 0. The number of hydrogen-bond acceptors (Lipinski definition) is 3. The number of anilines is 1. The van der Waals surface area contributed by atoms with Gasteiger partial charge in [-0.15, -0.1) is 0 Å². The molecule has 0 aliphatic rings. The van der Waals surface area contributed by atoms with Gasteiger partial charge in [-0.05, 0) is 30.5 Å². The van der Waals surface area contributed by atoms with E-state index >= 15 is 0 Å². The van der Waals surface area contributed by atoms with Crippen LogP contribution >= 0.6 is 0 Å². The number of rotatable bonds is 15. The molecule has 0 saturated heterocycles. The van der Waals surface area contributed by atoms with Crippen LogP contribution in [0.1, 0.15) is 63.4 Å². The summed E-state index contributed by atoms with van der Waals surface area (Å²) in [5, 5.41) is 7.38. The zero-order valence-electron chi connectivity index (χ0n) is 17.6. The number of nitrogens with two attached hydrogens (primary N) is 1. The first-order valence-electron chi connectivity index (χ1n) is 11.1. The van der Waals surface area contributed by atoms with Crippen molar-refractivity contribution < 1.29 is 0 Å². The van der Waals surface area contributed by atoms with Gasteiger partial charge in [0.25, 0.3) is 0 Å². The summed E-state index contributed by atoms with van der Waals surface area (Å²) in [6.07, 6.45) is 9.05. The summed E-state index contributed by atoms with van der Waals surface area (Å²) in [7, 11) is 0. The van der Waals surface area contributed by atoms with Gasteiger partial charge >= 0.3 is 0 Å². The van der Waals surface area contributed by atoms with Crippen LogP contribution in [-0.4, -0.2) is 25.7 Å². The van der Waals surface area contributed by atoms with Crippen LogP contribution in [-0.2, 0) is 0 Å². The topological polar surface area (TPSA) is 50.1 Å². The fourth-order valence-corrected chi connectivity index (χ4v) is 3.66. The molecule has 0 aromatic heterocycles. The molecule has 154 valence electrons. The Hall–Kier alpha value is -1.84. The van der Waals surface area contributed by atoms with E-state index in [1.54, 1.807) is 0 Å². The van der Waals surface area contributed by atoms with E-state index < -0.39 is 0 Å². The first kappa shape index (κ1) is 22.4. The number of para-hydroxylation sites is 1. The van der Waals surface area contributed by atoms with Crippen molar-refractivity contribution in [2.24, 2.45) is 5.73 Å². The molecular weight excluding hydrogens is 342 g/mol. The average molecular weight is 382 g/mol. The van der Waals surface area contributed by atoms with Crippen molar-refractivity contribution in [3.05, 3.63) is 66.2 Å². The lowest BCUT2D eigenvalue weighted by Gasteiger charge is -2.23. The van der Waals surface area contributed by atoms with Crippen molar-refractivity contribution in [1.82, 2.24) is 5.32 Å². The molecule has 0 saturated carbocycles. The van der Waals surface area contributed by atoms with Gasteiger partial charge in [0.2, 0.25) is 0 Å². The Bertz CT molecular complexity index is 600. The van der Waals surface area contributed by atoms with E-state index in [4.69, 9.17) is 5.73 Å². The maximum Gasteiger partial charge on any atom is 0.0340 e. The number of hydrogen-bond donors (Lipinski definition) is 3. The minimum absolute atomic E-state index is 0.380. The highest BCUT2D eigenvalue weighted by Crippen LogP contribution is 2.15. The molecule has 0 aliphatic heterocycles. The van der Waals surface area contributed by atoms with E-state index in [-0.39, 0.29) is 0 Å². The van der Waals surface area contributed by atoms with Crippen molar-refractivity contribution in [3.63, 3.8) is 0 Å². The molecule has 0 amide bonds. The Morgan fingerprint density at radius 3 is 2.18 bits per heavy atom. The van der Waals surface area contributed by atoms with Crippen LogP contribution in [0.5, 0.6) is 0 Å². The van der Waals surface area contributed by atoms with Crippen molar-refractivity contribution in [3.8, 4) is 0 Å². The van der Waals surface area contributed by atoms with Crippen LogP contribution in [0.25, 0.3) is 0 Å². The van der Waals surface area contributed by atoms with Gasteiger partial charge in [0.05, 0.1) is 0 Å². The SMILES string of the molecule is CCCCCCCC(CCNc1ccccc1)NCC(CN)c1ccccc1. The highest BCUT2D eigenvalue weighted by Gasteiger charge is 2.13. The van der Waals surface area contributed by atoms with Crippen LogP contribution < -0.4 is 16.4 Å². The third-order valence-corrected chi connectivity index (χ3v) is 5.46. The van der Waals surface area contributed by atoms with Gasteiger partial charge in [-0.3, -0.25) is 0 Å². The lowest BCUT2D eigenvalue weighted by atomic mass is 9.97. The Labute approximate surface area is 172 Å². The zero-order valence-corrected chi connectivity index (χ0v) is 17.6. The van der Waals surface area contributed by atoms with Gasteiger partial charge in [0.1, 0.15) is 0 Å². The second kappa shape index (κ2) is 14.2. The molecule has 2 aromatic carbocycles. The average Bonchev–Trinajstić information content (AvgIpc) is 2.75. The first-order chi connectivity index (χ1) is 13.8. The lowest BCUT2D eigenvalue weighted by Crippen LogP contribution is -2.36. The molecule has 4 N–H and O–H groups in total. The highest BCUT2D eigenvalue weighted by molar-refractivity contribution is 5.42. The van der Waals surface area contributed by atoms with Gasteiger partial charge in [0, 0.05) is 37.3 Å². The van der Waals surface area contributed by atoms with Gasteiger partial charge < -0.3 is 16.4 Å². The fraction of sp³-hybridized carbons (Fsp3) is 0.520. The summed E-state index contributed by atoms with van der Waals surface area (Å²) < 4.78 is 0. The van der Waals surface area contributed by atoms with Crippen LogP contribution in [0.3, 0.4) is 0 Å². The molecule has 2 rings (SSSR count). The lowest BCUT2D eigenvalue weighted by molar-refractivity contribution is 0.423. The van der Waals surface area contributed by atoms with Gasteiger partial charge in [0.15, 0.2) is 0 Å². The molecule has 0 aliphatic carbocycles. The molecule has 3 nitrogen and oxygen atoms in total. The summed E-state index contributed by atoms with van der Waals surface area (Å²) in [5.41, 5.74) is 8.61. The molecule has 0 spiro atoms. The maximum atomic E-state index is 6.07. The quantitative estimate of drug-likeness (QED) is 0.355. The second-order valence-electron chi connectivity index (χ2n) is 7.73. The van der Waals surface area contributed by atoms with E-state index in [0.717, 1.165) is 19.5 Å². The minimum atomic E-state index is 0.380. The first-order valence-corrected chi connectivity index (χ1v) is 11.1. The van der Waals surface area contributed by atoms with Gasteiger partial charge in [-0.25, -0.2) is 0 Å². The molecule has 28 heavy (non-hydrogen) atoms. The molecule has 0 heterocycles. The predicted octanol–water partition coefficient (Wildman–Crippen LogP) is 5.55. The smallest absolute Gasteiger partial charge is 0.0340 e. The highest BCUT2D eigenvalue weighted by atomic mass is 14.9. The summed E-state index contributed by atoms with van der Waals surface area (Å²) in [6, 6.07) is 21.7. The largest absolute Gasteiger partial charge is 0.385 e. The third-order valence-electron chi connectivity index (χ3n) is 5.46. The van der Waals surface area contributed by atoms with E-state index in [0.29, 0.717) is 18.5 Å². The van der Waals surface area contributed by atoms with E-state index in [1.165, 1.54) is 49.8 Å². The summed E-state index contributed by atoms with van der Waals surface area (Å²) >= 11 is 0. The molecule has 0 fully saturated rings. The third kappa shape index (κ3) is 8.90. The van der Waals surface area contributed by atoms with Crippen LogP contribution in [0, 0.1) is 0 Å². The molecule has 2 aromatic rings. The molecule has 2 unspecified atom stereocenters. The maximum absolute atomic E-state index is 6.07. The minimum Gasteiger partial charge on any atom is -0.385 e. The molecule has 0 radical (unpaired) electrons. The summed E-state index contributed by atoms with van der Waals surface area (Å²) in [6.45, 7) is 4.90. The molecule has 0 bridgehead atoms. The van der Waals surface area contributed by atoms with Crippen molar-refractivity contribution in [1.29, 1.82) is 0 Å². The molecule has 3 heteroatoms.